The number of hydrogen-bond donors (Lipinski definition) is 1. The van der Waals surface area contributed by atoms with E-state index in [4.69, 9.17) is 9.57 Å². The maximum atomic E-state index is 10.4. The minimum atomic E-state index is -0.540. The van der Waals surface area contributed by atoms with Gasteiger partial charge in [0.15, 0.2) is 0 Å². The van der Waals surface area contributed by atoms with E-state index in [2.05, 4.69) is 34.3 Å². The summed E-state index contributed by atoms with van der Waals surface area (Å²) in [5.41, 5.74) is 3.29. The van der Waals surface area contributed by atoms with Gasteiger partial charge in [-0.3, -0.25) is 4.90 Å². The summed E-state index contributed by atoms with van der Waals surface area (Å²) in [4.78, 5) is 7.92. The molecular weight excluding hydrogens is 352 g/mol. The predicted molar refractivity (Wildman–Crippen MR) is 111 cm³/mol. The number of rotatable bonds is 10. The van der Waals surface area contributed by atoms with Crippen molar-refractivity contribution in [1.82, 2.24) is 4.90 Å². The van der Waals surface area contributed by atoms with Gasteiger partial charge in [0.25, 0.3) is 0 Å². The summed E-state index contributed by atoms with van der Waals surface area (Å²) in [6.45, 7) is 6.27. The van der Waals surface area contributed by atoms with E-state index in [1.54, 1.807) is 0 Å². The highest BCUT2D eigenvalue weighted by molar-refractivity contribution is 6.01. The minimum Gasteiger partial charge on any atom is -0.390 e. The van der Waals surface area contributed by atoms with Crippen molar-refractivity contribution in [2.24, 2.45) is 5.16 Å². The molecule has 0 fully saturated rings. The van der Waals surface area contributed by atoms with E-state index >= 15 is 0 Å². The number of nitrogens with zero attached hydrogens (tertiary/aromatic N) is 2. The molecule has 28 heavy (non-hydrogen) atoms. The van der Waals surface area contributed by atoms with Gasteiger partial charge in [-0.1, -0.05) is 65.8 Å². The lowest BCUT2D eigenvalue weighted by atomic mass is 10.0. The van der Waals surface area contributed by atoms with Crippen molar-refractivity contribution in [2.45, 2.75) is 45.1 Å². The molecule has 1 heterocycles. The molecular formula is C23H30N2O3. The summed E-state index contributed by atoms with van der Waals surface area (Å²) in [6, 6.07) is 20.4. The number of benzene rings is 2. The van der Waals surface area contributed by atoms with Gasteiger partial charge in [-0.05, 0) is 25.0 Å². The molecule has 0 aromatic heterocycles. The molecule has 0 saturated heterocycles. The molecule has 2 atom stereocenters. The molecule has 1 N–H and O–H groups in total. The van der Waals surface area contributed by atoms with Crippen molar-refractivity contribution in [1.29, 1.82) is 0 Å². The first-order valence-corrected chi connectivity index (χ1v) is 9.94. The fourth-order valence-corrected chi connectivity index (χ4v) is 3.31. The lowest BCUT2D eigenvalue weighted by molar-refractivity contribution is -0.0194. The standard InChI is InChI=1S/C23H30N2O3/c1-18(2)27-17-21(26)15-25(14-19-9-5-3-6-10-19)16-22-13-23(24-28-22)20-11-7-4-8-12-20/h3-12,18,21-22,26H,13-17H2,1-2H3/t21-,22+/m0/s1. The first-order valence-electron chi connectivity index (χ1n) is 9.94. The Bertz CT molecular complexity index is 734. The van der Waals surface area contributed by atoms with Gasteiger partial charge in [0, 0.05) is 26.1 Å². The third-order valence-electron chi connectivity index (χ3n) is 4.64. The van der Waals surface area contributed by atoms with Crippen molar-refractivity contribution < 1.29 is 14.7 Å². The molecule has 0 saturated carbocycles. The van der Waals surface area contributed by atoms with Gasteiger partial charge in [-0.15, -0.1) is 0 Å². The molecule has 150 valence electrons. The first kappa shape index (κ1) is 20.5. The number of aliphatic hydroxyl groups is 1. The topological polar surface area (TPSA) is 54.3 Å². The van der Waals surface area contributed by atoms with E-state index < -0.39 is 6.10 Å². The van der Waals surface area contributed by atoms with Gasteiger partial charge in [0.1, 0.15) is 6.10 Å². The summed E-state index contributed by atoms with van der Waals surface area (Å²) in [6.07, 6.45) is 0.324. The van der Waals surface area contributed by atoms with Crippen molar-refractivity contribution in [3.8, 4) is 0 Å². The highest BCUT2D eigenvalue weighted by Crippen LogP contribution is 2.18. The molecule has 3 rings (SSSR count). The van der Waals surface area contributed by atoms with Crippen LogP contribution in [-0.4, -0.2) is 53.7 Å². The van der Waals surface area contributed by atoms with E-state index in [9.17, 15) is 5.11 Å². The highest BCUT2D eigenvalue weighted by Gasteiger charge is 2.25. The number of hydrogen-bond acceptors (Lipinski definition) is 5. The van der Waals surface area contributed by atoms with E-state index in [-0.39, 0.29) is 12.2 Å². The van der Waals surface area contributed by atoms with Gasteiger partial charge in [0.2, 0.25) is 0 Å². The van der Waals surface area contributed by atoms with Crippen LogP contribution in [0.4, 0.5) is 0 Å². The zero-order chi connectivity index (χ0) is 19.8. The van der Waals surface area contributed by atoms with Crippen molar-refractivity contribution >= 4 is 5.71 Å². The van der Waals surface area contributed by atoms with Crippen molar-refractivity contribution in [2.75, 3.05) is 19.7 Å². The van der Waals surface area contributed by atoms with Crippen molar-refractivity contribution in [3.63, 3.8) is 0 Å². The third kappa shape index (κ3) is 6.44. The lowest BCUT2D eigenvalue weighted by Crippen LogP contribution is -2.39. The Morgan fingerprint density at radius 3 is 2.46 bits per heavy atom. The second kappa shape index (κ2) is 10.4. The second-order valence-corrected chi connectivity index (χ2v) is 7.55. The molecule has 2 aromatic carbocycles. The molecule has 0 spiro atoms. The van der Waals surface area contributed by atoms with E-state index in [1.165, 1.54) is 5.56 Å². The summed E-state index contributed by atoms with van der Waals surface area (Å²) < 4.78 is 5.57. The molecule has 0 aliphatic carbocycles. The molecule has 0 amide bonds. The second-order valence-electron chi connectivity index (χ2n) is 7.55. The van der Waals surface area contributed by atoms with Gasteiger partial charge in [-0.2, -0.15) is 0 Å². The van der Waals surface area contributed by atoms with E-state index in [1.807, 2.05) is 50.2 Å². The van der Waals surface area contributed by atoms with E-state index in [0.717, 1.165) is 24.2 Å². The number of aliphatic hydroxyl groups excluding tert-OH is 1. The molecule has 0 bridgehead atoms. The van der Waals surface area contributed by atoms with Crippen LogP contribution in [-0.2, 0) is 16.1 Å². The van der Waals surface area contributed by atoms with E-state index in [0.29, 0.717) is 19.7 Å². The Morgan fingerprint density at radius 2 is 1.79 bits per heavy atom. The van der Waals surface area contributed by atoms with Crippen LogP contribution in [0.3, 0.4) is 0 Å². The molecule has 1 aliphatic heterocycles. The highest BCUT2D eigenvalue weighted by atomic mass is 16.6. The fourth-order valence-electron chi connectivity index (χ4n) is 3.31. The molecule has 0 radical (unpaired) electrons. The lowest BCUT2D eigenvalue weighted by Gasteiger charge is -2.27. The van der Waals surface area contributed by atoms with Crippen LogP contribution >= 0.6 is 0 Å². The summed E-state index contributed by atoms with van der Waals surface area (Å²) >= 11 is 0. The Balaban J connectivity index is 1.59. The zero-order valence-corrected chi connectivity index (χ0v) is 16.7. The first-order chi connectivity index (χ1) is 13.6. The van der Waals surface area contributed by atoms with Gasteiger partial charge in [0.05, 0.1) is 24.5 Å². The Hall–Kier alpha value is -2.21. The smallest absolute Gasteiger partial charge is 0.145 e. The summed E-state index contributed by atoms with van der Waals surface area (Å²) in [7, 11) is 0. The van der Waals surface area contributed by atoms with Crippen LogP contribution in [0, 0.1) is 0 Å². The molecule has 5 heteroatoms. The maximum Gasteiger partial charge on any atom is 0.145 e. The van der Waals surface area contributed by atoms with Crippen LogP contribution in [0.25, 0.3) is 0 Å². The minimum absolute atomic E-state index is 0.0165. The fraction of sp³-hybridized carbons (Fsp3) is 0.435. The molecule has 5 nitrogen and oxygen atoms in total. The van der Waals surface area contributed by atoms with Gasteiger partial charge >= 0.3 is 0 Å². The van der Waals surface area contributed by atoms with Crippen LogP contribution in [0.1, 0.15) is 31.4 Å². The Morgan fingerprint density at radius 1 is 1.11 bits per heavy atom. The SMILES string of the molecule is CC(C)OC[C@@H](O)CN(Cc1ccccc1)C[C@H]1CC(c2ccccc2)=NO1. The number of ether oxygens (including phenoxy) is 1. The van der Waals surface area contributed by atoms with Crippen LogP contribution in [0.15, 0.2) is 65.8 Å². The Labute approximate surface area is 167 Å². The average molecular weight is 383 g/mol. The van der Waals surface area contributed by atoms with Crippen LogP contribution in [0.5, 0.6) is 0 Å². The van der Waals surface area contributed by atoms with Crippen LogP contribution < -0.4 is 0 Å². The summed E-state index contributed by atoms with van der Waals surface area (Å²) in [5.74, 6) is 0. The number of oxime groups is 1. The van der Waals surface area contributed by atoms with Crippen molar-refractivity contribution in [3.05, 3.63) is 71.8 Å². The Kier molecular flexibility index (Phi) is 7.60. The molecule has 2 aromatic rings. The summed E-state index contributed by atoms with van der Waals surface area (Å²) in [5, 5.41) is 14.7. The normalized spacial score (nSPS) is 17.6. The largest absolute Gasteiger partial charge is 0.390 e. The van der Waals surface area contributed by atoms with Gasteiger partial charge < -0.3 is 14.7 Å². The monoisotopic (exact) mass is 382 g/mol. The predicted octanol–water partition coefficient (Wildman–Crippen LogP) is 3.47. The molecule has 0 unspecified atom stereocenters. The molecule has 1 aliphatic rings. The third-order valence-corrected chi connectivity index (χ3v) is 4.64. The maximum absolute atomic E-state index is 10.4. The average Bonchev–Trinajstić information content (AvgIpc) is 3.16. The van der Waals surface area contributed by atoms with Crippen LogP contribution in [0.2, 0.25) is 0 Å². The van der Waals surface area contributed by atoms with Gasteiger partial charge in [-0.25, -0.2) is 0 Å². The zero-order valence-electron chi connectivity index (χ0n) is 16.7. The quantitative estimate of drug-likeness (QED) is 0.684.